The second-order valence-corrected chi connectivity index (χ2v) is 10.5. The maximum Gasteiger partial charge on any atom is 0.267 e. The maximum atomic E-state index is 12.9. The van der Waals surface area contributed by atoms with E-state index in [1.165, 1.54) is 4.31 Å². The fraction of sp³-hybridized carbons (Fsp3) is 0.409. The van der Waals surface area contributed by atoms with E-state index in [-0.39, 0.29) is 17.9 Å². The Kier molecular flexibility index (Phi) is 5.38. The molecule has 156 valence electrons. The lowest BCUT2D eigenvalue weighted by atomic mass is 9.86. The van der Waals surface area contributed by atoms with Gasteiger partial charge in [0.2, 0.25) is 10.0 Å². The summed E-state index contributed by atoms with van der Waals surface area (Å²) in [5, 5.41) is 2.87. The van der Waals surface area contributed by atoms with Gasteiger partial charge in [0.1, 0.15) is 5.75 Å². The maximum absolute atomic E-state index is 12.9. The van der Waals surface area contributed by atoms with Crippen LogP contribution in [0.4, 0.5) is 11.4 Å². The first-order valence-electron chi connectivity index (χ1n) is 9.53. The molecule has 1 aliphatic rings. The first-order valence-corrected chi connectivity index (χ1v) is 11.4. The van der Waals surface area contributed by atoms with E-state index in [0.717, 1.165) is 22.9 Å². The van der Waals surface area contributed by atoms with E-state index in [4.69, 9.17) is 4.74 Å². The Balaban J connectivity index is 1.94. The minimum absolute atomic E-state index is 0.0733. The van der Waals surface area contributed by atoms with Crippen LogP contribution in [0.2, 0.25) is 0 Å². The Morgan fingerprint density at radius 2 is 1.83 bits per heavy atom. The minimum Gasteiger partial charge on any atom is -0.476 e. The minimum atomic E-state index is -3.58. The molecule has 29 heavy (non-hydrogen) atoms. The number of anilines is 2. The SMILES string of the molecule is Cc1ccc(C)c(NC(=O)[C@H]2CN(S(C)(=O)=O)c3cc(C(C)(C)C)ccc3O2)c1. The van der Waals surface area contributed by atoms with Gasteiger partial charge in [0.05, 0.1) is 18.5 Å². The predicted molar refractivity (Wildman–Crippen MR) is 116 cm³/mol. The third kappa shape index (κ3) is 4.56. The zero-order chi connectivity index (χ0) is 21.6. The van der Waals surface area contributed by atoms with Crippen molar-refractivity contribution in [2.45, 2.75) is 46.1 Å². The molecule has 3 rings (SSSR count). The average molecular weight is 417 g/mol. The summed E-state index contributed by atoms with van der Waals surface area (Å²) in [6, 6.07) is 11.3. The highest BCUT2D eigenvalue weighted by molar-refractivity contribution is 7.92. The van der Waals surface area contributed by atoms with E-state index < -0.39 is 16.1 Å². The number of carbonyl (C=O) groups excluding carboxylic acids is 1. The van der Waals surface area contributed by atoms with Crippen molar-refractivity contribution in [2.75, 3.05) is 22.4 Å². The van der Waals surface area contributed by atoms with E-state index in [0.29, 0.717) is 17.1 Å². The van der Waals surface area contributed by atoms with Crippen LogP contribution in [0.1, 0.15) is 37.5 Å². The fourth-order valence-corrected chi connectivity index (χ4v) is 4.16. The molecule has 1 aliphatic heterocycles. The van der Waals surface area contributed by atoms with Gasteiger partial charge in [-0.1, -0.05) is 39.0 Å². The van der Waals surface area contributed by atoms with Crippen molar-refractivity contribution in [3.05, 3.63) is 53.1 Å². The fourth-order valence-electron chi connectivity index (χ4n) is 3.25. The number of ether oxygens (including phenoxy) is 1. The van der Waals surface area contributed by atoms with Crippen molar-refractivity contribution < 1.29 is 17.9 Å². The third-order valence-electron chi connectivity index (χ3n) is 5.04. The Labute approximate surface area is 172 Å². The summed E-state index contributed by atoms with van der Waals surface area (Å²) in [6.45, 7) is 9.95. The van der Waals surface area contributed by atoms with Crippen LogP contribution >= 0.6 is 0 Å². The zero-order valence-electron chi connectivity index (χ0n) is 17.7. The summed E-state index contributed by atoms with van der Waals surface area (Å²) < 4.78 is 32.1. The lowest BCUT2D eigenvalue weighted by Gasteiger charge is -2.35. The number of rotatable bonds is 3. The molecule has 1 amide bonds. The molecule has 2 aromatic carbocycles. The van der Waals surface area contributed by atoms with Gasteiger partial charge in [0.25, 0.3) is 5.91 Å². The number of aryl methyl sites for hydroxylation is 2. The van der Waals surface area contributed by atoms with Crippen LogP contribution in [-0.4, -0.2) is 33.2 Å². The highest BCUT2D eigenvalue weighted by atomic mass is 32.2. The summed E-state index contributed by atoms with van der Waals surface area (Å²) in [4.78, 5) is 12.9. The van der Waals surface area contributed by atoms with Crippen LogP contribution in [0.25, 0.3) is 0 Å². The molecule has 0 aliphatic carbocycles. The number of hydrogen-bond donors (Lipinski definition) is 1. The number of sulfonamides is 1. The van der Waals surface area contributed by atoms with Crippen LogP contribution in [-0.2, 0) is 20.2 Å². The first-order chi connectivity index (χ1) is 13.4. The number of amides is 1. The van der Waals surface area contributed by atoms with Gasteiger partial charge < -0.3 is 10.1 Å². The van der Waals surface area contributed by atoms with Crippen molar-refractivity contribution in [2.24, 2.45) is 0 Å². The van der Waals surface area contributed by atoms with Crippen molar-refractivity contribution in [3.63, 3.8) is 0 Å². The van der Waals surface area contributed by atoms with Crippen LogP contribution < -0.4 is 14.4 Å². The quantitative estimate of drug-likeness (QED) is 0.826. The lowest BCUT2D eigenvalue weighted by molar-refractivity contribution is -0.122. The molecular weight excluding hydrogens is 388 g/mol. The van der Waals surface area contributed by atoms with E-state index in [2.05, 4.69) is 26.1 Å². The largest absolute Gasteiger partial charge is 0.476 e. The van der Waals surface area contributed by atoms with Gasteiger partial charge in [-0.25, -0.2) is 8.42 Å². The topological polar surface area (TPSA) is 75.7 Å². The molecule has 0 unspecified atom stereocenters. The standard InChI is InChI=1S/C22H28N2O4S/c1-14-7-8-15(2)17(11-14)23-21(25)20-13-24(29(6,26)27)18-12-16(22(3,4)5)9-10-19(18)28-20/h7-12,20H,13H2,1-6H3,(H,23,25)/t20-/m1/s1. The number of nitrogens with one attached hydrogen (secondary N) is 1. The van der Waals surface area contributed by atoms with Crippen LogP contribution in [0.5, 0.6) is 5.75 Å². The molecule has 0 saturated heterocycles. The third-order valence-corrected chi connectivity index (χ3v) is 6.18. The molecule has 0 saturated carbocycles. The summed E-state index contributed by atoms with van der Waals surface area (Å²) in [5.41, 5.74) is 3.96. The monoisotopic (exact) mass is 416 g/mol. The highest BCUT2D eigenvalue weighted by Gasteiger charge is 2.36. The molecule has 1 heterocycles. The van der Waals surface area contributed by atoms with Crippen molar-refractivity contribution in [1.29, 1.82) is 0 Å². The average Bonchev–Trinajstić information content (AvgIpc) is 2.61. The second kappa shape index (κ2) is 7.37. The summed E-state index contributed by atoms with van der Waals surface area (Å²) >= 11 is 0. The molecule has 2 aromatic rings. The van der Waals surface area contributed by atoms with E-state index in [1.807, 2.05) is 44.2 Å². The van der Waals surface area contributed by atoms with Crippen molar-refractivity contribution in [3.8, 4) is 5.75 Å². The van der Waals surface area contributed by atoms with Crippen LogP contribution in [0.15, 0.2) is 36.4 Å². The molecule has 1 atom stereocenters. The molecule has 1 N–H and O–H groups in total. The Hall–Kier alpha value is -2.54. The number of carbonyl (C=O) groups is 1. The van der Waals surface area contributed by atoms with Crippen molar-refractivity contribution >= 4 is 27.3 Å². The highest BCUT2D eigenvalue weighted by Crippen LogP contribution is 2.38. The number of hydrogen-bond acceptors (Lipinski definition) is 4. The van der Waals surface area contributed by atoms with E-state index >= 15 is 0 Å². The smallest absolute Gasteiger partial charge is 0.267 e. The Morgan fingerprint density at radius 3 is 2.45 bits per heavy atom. The van der Waals surface area contributed by atoms with Gasteiger partial charge in [-0.15, -0.1) is 0 Å². The number of benzene rings is 2. The van der Waals surface area contributed by atoms with Crippen LogP contribution in [0, 0.1) is 13.8 Å². The van der Waals surface area contributed by atoms with Crippen molar-refractivity contribution in [1.82, 2.24) is 0 Å². The molecule has 6 nitrogen and oxygen atoms in total. The number of fused-ring (bicyclic) bond motifs is 1. The molecule has 0 bridgehead atoms. The van der Waals surface area contributed by atoms with E-state index in [9.17, 15) is 13.2 Å². The Bertz CT molecular complexity index is 1050. The molecule has 0 spiro atoms. The Morgan fingerprint density at radius 1 is 1.14 bits per heavy atom. The van der Waals surface area contributed by atoms with Gasteiger partial charge in [0.15, 0.2) is 6.10 Å². The summed E-state index contributed by atoms with van der Waals surface area (Å²) in [6.07, 6.45) is 0.198. The van der Waals surface area contributed by atoms with Gasteiger partial charge in [-0.2, -0.15) is 0 Å². The molecule has 7 heteroatoms. The second-order valence-electron chi connectivity index (χ2n) is 8.64. The molecular formula is C22H28N2O4S. The first kappa shape index (κ1) is 21.2. The predicted octanol–water partition coefficient (Wildman–Crippen LogP) is 3.77. The summed E-state index contributed by atoms with van der Waals surface area (Å²) in [7, 11) is -3.58. The van der Waals surface area contributed by atoms with Gasteiger partial charge in [-0.05, 0) is 54.2 Å². The molecule has 0 fully saturated rings. The van der Waals surface area contributed by atoms with Gasteiger partial charge in [0, 0.05) is 5.69 Å². The number of nitrogens with zero attached hydrogens (tertiary/aromatic N) is 1. The molecule has 0 aromatic heterocycles. The van der Waals surface area contributed by atoms with Crippen LogP contribution in [0.3, 0.4) is 0 Å². The van der Waals surface area contributed by atoms with E-state index in [1.54, 1.807) is 6.07 Å². The molecule has 0 radical (unpaired) electrons. The zero-order valence-corrected chi connectivity index (χ0v) is 18.6. The van der Waals surface area contributed by atoms with Gasteiger partial charge in [-0.3, -0.25) is 9.10 Å². The van der Waals surface area contributed by atoms with Gasteiger partial charge >= 0.3 is 0 Å². The summed E-state index contributed by atoms with van der Waals surface area (Å²) in [5.74, 6) is 0.00804. The lowest BCUT2D eigenvalue weighted by Crippen LogP contribution is -2.48. The normalized spacial score (nSPS) is 16.8.